The summed E-state index contributed by atoms with van der Waals surface area (Å²) in [4.78, 5) is 12.5. The zero-order valence-electron chi connectivity index (χ0n) is 13.9. The van der Waals surface area contributed by atoms with Crippen LogP contribution in [0.15, 0.2) is 36.4 Å². The molecular formula is C20H18O5. The van der Waals surface area contributed by atoms with Gasteiger partial charge in [0.25, 0.3) is 0 Å². The molecule has 2 heterocycles. The van der Waals surface area contributed by atoms with E-state index in [9.17, 15) is 4.79 Å². The van der Waals surface area contributed by atoms with Crippen molar-refractivity contribution in [2.45, 2.75) is 12.3 Å². The molecule has 3 atom stereocenters. The molecule has 5 nitrogen and oxygen atoms in total. The first-order valence-electron chi connectivity index (χ1n) is 8.47. The minimum atomic E-state index is -0.167. The van der Waals surface area contributed by atoms with Crippen LogP contribution in [-0.4, -0.2) is 26.5 Å². The average molecular weight is 338 g/mol. The minimum Gasteiger partial charge on any atom is -0.497 e. The standard InChI is InChI=1S/C20H18O5/c1-22-14-4-2-3-11(6-14)18-15-8-17-16(24-10-25-17)7-12(15)5-13-9-23-20(21)19(13)18/h2-4,6-8,13,18-19H,5,9-10H2,1H3/t13-,18-,19-/m0/s1. The van der Waals surface area contributed by atoms with Crippen molar-refractivity contribution in [2.75, 3.05) is 20.5 Å². The number of benzene rings is 2. The Labute approximate surface area is 145 Å². The van der Waals surface area contributed by atoms with Gasteiger partial charge in [-0.05, 0) is 47.4 Å². The van der Waals surface area contributed by atoms with Gasteiger partial charge in [0.15, 0.2) is 11.5 Å². The van der Waals surface area contributed by atoms with E-state index in [1.54, 1.807) is 7.11 Å². The highest BCUT2D eigenvalue weighted by Gasteiger charge is 2.47. The molecule has 2 aromatic carbocycles. The lowest BCUT2D eigenvalue weighted by molar-refractivity contribution is -0.141. The van der Waals surface area contributed by atoms with Crippen LogP contribution in [0.3, 0.4) is 0 Å². The molecule has 3 aliphatic rings. The van der Waals surface area contributed by atoms with E-state index in [-0.39, 0.29) is 30.5 Å². The second-order valence-electron chi connectivity index (χ2n) is 6.78. The molecule has 0 unspecified atom stereocenters. The maximum atomic E-state index is 12.5. The van der Waals surface area contributed by atoms with Crippen LogP contribution >= 0.6 is 0 Å². The van der Waals surface area contributed by atoms with Gasteiger partial charge in [-0.3, -0.25) is 4.79 Å². The van der Waals surface area contributed by atoms with Gasteiger partial charge in [0.05, 0.1) is 19.6 Å². The van der Waals surface area contributed by atoms with Gasteiger partial charge in [-0.1, -0.05) is 12.1 Å². The van der Waals surface area contributed by atoms with E-state index >= 15 is 0 Å². The van der Waals surface area contributed by atoms with Crippen LogP contribution in [0, 0.1) is 11.8 Å². The molecule has 0 amide bonds. The highest BCUT2D eigenvalue weighted by molar-refractivity contribution is 5.78. The number of rotatable bonds is 2. The fourth-order valence-electron chi connectivity index (χ4n) is 4.34. The number of hydrogen-bond acceptors (Lipinski definition) is 5. The quantitative estimate of drug-likeness (QED) is 0.788. The fourth-order valence-corrected chi connectivity index (χ4v) is 4.34. The molecule has 0 aromatic heterocycles. The summed E-state index contributed by atoms with van der Waals surface area (Å²) in [5.74, 6) is 2.17. The lowest BCUT2D eigenvalue weighted by Gasteiger charge is -2.33. The van der Waals surface area contributed by atoms with Gasteiger partial charge in [-0.15, -0.1) is 0 Å². The van der Waals surface area contributed by atoms with Crippen LogP contribution in [0.4, 0.5) is 0 Å². The Bertz CT molecular complexity index is 859. The number of ether oxygens (including phenoxy) is 4. The number of esters is 1. The first-order valence-corrected chi connectivity index (χ1v) is 8.47. The average Bonchev–Trinajstić information content (AvgIpc) is 3.24. The SMILES string of the molecule is COc1cccc([C@H]2c3cc4c(cc3C[C@H]3COC(=O)[C@@H]32)OCO4)c1. The van der Waals surface area contributed by atoms with Crippen molar-refractivity contribution in [3.8, 4) is 17.2 Å². The molecule has 2 aromatic rings. The van der Waals surface area contributed by atoms with E-state index in [0.29, 0.717) is 6.61 Å². The highest BCUT2D eigenvalue weighted by Crippen LogP contribution is 2.50. The second kappa shape index (κ2) is 5.41. The molecule has 5 heteroatoms. The van der Waals surface area contributed by atoms with Crippen molar-refractivity contribution in [1.29, 1.82) is 0 Å². The maximum Gasteiger partial charge on any atom is 0.310 e. The van der Waals surface area contributed by atoms with Crippen molar-refractivity contribution >= 4 is 5.97 Å². The van der Waals surface area contributed by atoms with Gasteiger partial charge >= 0.3 is 5.97 Å². The van der Waals surface area contributed by atoms with E-state index in [1.165, 1.54) is 5.56 Å². The monoisotopic (exact) mass is 338 g/mol. The Morgan fingerprint density at radius 2 is 1.92 bits per heavy atom. The van der Waals surface area contributed by atoms with Crippen LogP contribution in [0.5, 0.6) is 17.2 Å². The number of fused-ring (bicyclic) bond motifs is 3. The lowest BCUT2D eigenvalue weighted by atomic mass is 9.67. The summed E-state index contributed by atoms with van der Waals surface area (Å²) in [6.07, 6.45) is 0.822. The highest BCUT2D eigenvalue weighted by atomic mass is 16.7. The molecule has 25 heavy (non-hydrogen) atoms. The van der Waals surface area contributed by atoms with E-state index in [4.69, 9.17) is 18.9 Å². The van der Waals surface area contributed by atoms with Crippen LogP contribution in [0.25, 0.3) is 0 Å². The summed E-state index contributed by atoms with van der Waals surface area (Å²) in [5, 5.41) is 0. The molecule has 0 radical (unpaired) electrons. The molecule has 2 aliphatic heterocycles. The smallest absolute Gasteiger partial charge is 0.310 e. The van der Waals surface area contributed by atoms with Crippen molar-refractivity contribution in [2.24, 2.45) is 11.8 Å². The zero-order chi connectivity index (χ0) is 17.0. The number of hydrogen-bond donors (Lipinski definition) is 0. The first-order chi connectivity index (χ1) is 12.2. The molecule has 0 N–H and O–H groups in total. The third-order valence-corrected chi connectivity index (χ3v) is 5.48. The number of carbonyl (C=O) groups is 1. The zero-order valence-corrected chi connectivity index (χ0v) is 13.9. The number of methoxy groups -OCH3 is 1. The predicted octanol–water partition coefficient (Wildman–Crippen LogP) is 2.90. The number of carbonyl (C=O) groups excluding carboxylic acids is 1. The summed E-state index contributed by atoms with van der Waals surface area (Å²) in [6, 6.07) is 12.0. The van der Waals surface area contributed by atoms with E-state index in [2.05, 4.69) is 12.1 Å². The lowest BCUT2D eigenvalue weighted by Crippen LogP contribution is -2.31. The van der Waals surface area contributed by atoms with Crippen LogP contribution in [0.1, 0.15) is 22.6 Å². The molecule has 0 spiro atoms. The van der Waals surface area contributed by atoms with Crippen molar-refractivity contribution in [1.82, 2.24) is 0 Å². The van der Waals surface area contributed by atoms with Gasteiger partial charge in [0.1, 0.15) is 5.75 Å². The molecule has 0 bridgehead atoms. The molecule has 1 saturated heterocycles. The molecular weight excluding hydrogens is 320 g/mol. The summed E-state index contributed by atoms with van der Waals surface area (Å²) in [7, 11) is 1.65. The summed E-state index contributed by atoms with van der Waals surface area (Å²) >= 11 is 0. The molecule has 5 rings (SSSR count). The second-order valence-corrected chi connectivity index (χ2v) is 6.78. The minimum absolute atomic E-state index is 0.0617. The molecule has 1 fully saturated rings. The molecule has 128 valence electrons. The topological polar surface area (TPSA) is 54.0 Å². The third kappa shape index (κ3) is 2.18. The molecule has 1 aliphatic carbocycles. The van der Waals surface area contributed by atoms with E-state index in [1.807, 2.05) is 24.3 Å². The van der Waals surface area contributed by atoms with Crippen LogP contribution in [-0.2, 0) is 16.0 Å². The Hall–Kier alpha value is -2.69. The largest absolute Gasteiger partial charge is 0.497 e. The van der Waals surface area contributed by atoms with Gasteiger partial charge < -0.3 is 18.9 Å². The van der Waals surface area contributed by atoms with E-state index in [0.717, 1.165) is 34.8 Å². The van der Waals surface area contributed by atoms with Gasteiger partial charge in [-0.25, -0.2) is 0 Å². The summed E-state index contributed by atoms with van der Waals surface area (Å²) in [5.41, 5.74) is 3.39. The summed E-state index contributed by atoms with van der Waals surface area (Å²) < 4.78 is 21.9. The Balaban J connectivity index is 1.69. The third-order valence-electron chi connectivity index (χ3n) is 5.48. The van der Waals surface area contributed by atoms with Gasteiger partial charge in [0.2, 0.25) is 6.79 Å². The predicted molar refractivity (Wildman–Crippen MR) is 89.0 cm³/mol. The number of cyclic esters (lactones) is 1. The van der Waals surface area contributed by atoms with Crippen molar-refractivity contribution in [3.63, 3.8) is 0 Å². The first kappa shape index (κ1) is 14.6. The van der Waals surface area contributed by atoms with Gasteiger partial charge in [-0.2, -0.15) is 0 Å². The van der Waals surface area contributed by atoms with Crippen LogP contribution in [0.2, 0.25) is 0 Å². The fraction of sp³-hybridized carbons (Fsp3) is 0.350. The maximum absolute atomic E-state index is 12.5. The normalized spacial score (nSPS) is 26.0. The van der Waals surface area contributed by atoms with Crippen molar-refractivity contribution < 1.29 is 23.7 Å². The van der Waals surface area contributed by atoms with E-state index < -0.39 is 0 Å². The Morgan fingerprint density at radius 1 is 1.08 bits per heavy atom. The Kier molecular flexibility index (Phi) is 3.17. The van der Waals surface area contributed by atoms with Crippen molar-refractivity contribution in [3.05, 3.63) is 53.1 Å². The summed E-state index contributed by atoms with van der Waals surface area (Å²) in [6.45, 7) is 0.731. The van der Waals surface area contributed by atoms with Crippen LogP contribution < -0.4 is 14.2 Å². The Morgan fingerprint density at radius 3 is 2.76 bits per heavy atom. The van der Waals surface area contributed by atoms with Gasteiger partial charge in [0, 0.05) is 11.8 Å². The molecule has 0 saturated carbocycles.